The molecule has 0 bridgehead atoms. The van der Waals surface area contributed by atoms with Crippen LogP contribution in [0.1, 0.15) is 0 Å². The highest BCUT2D eigenvalue weighted by Crippen LogP contribution is 2.10. The van der Waals surface area contributed by atoms with Gasteiger partial charge >= 0.3 is 0 Å². The van der Waals surface area contributed by atoms with Gasteiger partial charge in [0, 0.05) is 11.8 Å². The fraction of sp³-hybridized carbons (Fsp3) is 0. The summed E-state index contributed by atoms with van der Waals surface area (Å²) >= 11 is 0. The Morgan fingerprint density at radius 2 is 2.30 bits per heavy atom. The lowest BCUT2D eigenvalue weighted by Crippen LogP contribution is -2.00. The minimum absolute atomic E-state index is 0.0414. The highest BCUT2D eigenvalue weighted by atomic mass is 16.1. The van der Waals surface area contributed by atoms with Gasteiger partial charge in [0.05, 0.1) is 0 Å². The first-order chi connectivity index (χ1) is 4.88. The van der Waals surface area contributed by atoms with Crippen LogP contribution in [0.3, 0.4) is 0 Å². The highest BCUT2D eigenvalue weighted by Gasteiger charge is 2.06. The van der Waals surface area contributed by atoms with E-state index in [9.17, 15) is 4.79 Å². The van der Waals surface area contributed by atoms with E-state index in [4.69, 9.17) is 0 Å². The van der Waals surface area contributed by atoms with Crippen LogP contribution in [0, 0.1) is 0 Å². The molecule has 0 unspecified atom stereocenters. The molecule has 2 N–H and O–H groups in total. The van der Waals surface area contributed by atoms with E-state index in [0.29, 0.717) is 5.69 Å². The average molecular weight is 135 g/mol. The van der Waals surface area contributed by atoms with Crippen LogP contribution in [-0.4, -0.2) is 15.4 Å². The van der Waals surface area contributed by atoms with Crippen molar-refractivity contribution in [2.45, 2.75) is 0 Å². The standard InChI is InChI=1S/C6H5N3O/c10-5-2-1-4-3-7-9-8-6(4)5/h1-3,7,9H. The van der Waals surface area contributed by atoms with E-state index in [-0.39, 0.29) is 5.43 Å². The summed E-state index contributed by atoms with van der Waals surface area (Å²) in [6.07, 6.45) is 1.70. The molecule has 4 nitrogen and oxygen atoms in total. The van der Waals surface area contributed by atoms with Crippen LogP contribution in [0.5, 0.6) is 0 Å². The first kappa shape index (κ1) is 5.22. The zero-order valence-corrected chi connectivity index (χ0v) is 5.09. The maximum absolute atomic E-state index is 10.9. The molecule has 0 fully saturated rings. The molecule has 0 aromatic heterocycles. The topological polar surface area (TPSA) is 61.5 Å². The van der Waals surface area contributed by atoms with Crippen LogP contribution in [0.2, 0.25) is 0 Å². The summed E-state index contributed by atoms with van der Waals surface area (Å²) in [6, 6.07) is 3.23. The predicted molar refractivity (Wildman–Crippen MR) is 35.8 cm³/mol. The molecule has 0 atom stereocenters. The molecule has 1 aliphatic carbocycles. The number of aromatic nitrogens is 3. The fourth-order valence-corrected chi connectivity index (χ4v) is 0.900. The summed E-state index contributed by atoms with van der Waals surface area (Å²) in [6.45, 7) is 0. The molecule has 0 aromatic rings. The van der Waals surface area contributed by atoms with Gasteiger partial charge in [0.2, 0.25) is 5.43 Å². The van der Waals surface area contributed by atoms with Crippen molar-refractivity contribution in [3.63, 3.8) is 0 Å². The Balaban J connectivity index is 2.91. The van der Waals surface area contributed by atoms with Crippen molar-refractivity contribution in [3.05, 3.63) is 28.6 Å². The van der Waals surface area contributed by atoms with Crippen LogP contribution in [-0.2, 0) is 0 Å². The van der Waals surface area contributed by atoms with Gasteiger partial charge in [-0.1, -0.05) is 0 Å². The second kappa shape index (κ2) is 1.70. The second-order valence-electron chi connectivity index (χ2n) is 2.01. The quantitative estimate of drug-likeness (QED) is 0.542. The molecular formula is C6H5N3O. The maximum Gasteiger partial charge on any atom is 0.206 e. The number of aromatic amines is 2. The molecule has 2 rings (SSSR count). The van der Waals surface area contributed by atoms with E-state index in [0.717, 1.165) is 5.56 Å². The van der Waals surface area contributed by atoms with Gasteiger partial charge in [0.1, 0.15) is 5.69 Å². The third-order valence-electron chi connectivity index (χ3n) is 1.38. The molecule has 0 radical (unpaired) electrons. The summed E-state index contributed by atoms with van der Waals surface area (Å²) < 4.78 is 0. The number of nitrogens with zero attached hydrogens (tertiary/aromatic N) is 1. The molecule has 0 saturated carbocycles. The molecule has 1 heterocycles. The van der Waals surface area contributed by atoms with E-state index < -0.39 is 0 Å². The summed E-state index contributed by atoms with van der Waals surface area (Å²) in [5.41, 5.74) is 1.28. The van der Waals surface area contributed by atoms with Gasteiger partial charge < -0.3 is 0 Å². The molecule has 0 amide bonds. The van der Waals surface area contributed by atoms with Crippen molar-refractivity contribution < 1.29 is 0 Å². The zero-order chi connectivity index (χ0) is 6.97. The van der Waals surface area contributed by atoms with E-state index in [2.05, 4.69) is 15.4 Å². The number of hydrogen-bond acceptors (Lipinski definition) is 2. The normalized spacial score (nSPS) is 10.4. The predicted octanol–water partition coefficient (Wildman–Crippen LogP) is 0.203. The van der Waals surface area contributed by atoms with Gasteiger partial charge in [-0.25, -0.2) is 5.21 Å². The first-order valence-electron chi connectivity index (χ1n) is 2.89. The van der Waals surface area contributed by atoms with Crippen molar-refractivity contribution >= 4 is 0 Å². The van der Waals surface area contributed by atoms with Crippen LogP contribution in [0.4, 0.5) is 0 Å². The second-order valence-corrected chi connectivity index (χ2v) is 2.01. The Morgan fingerprint density at radius 3 is 3.10 bits per heavy atom. The summed E-state index contributed by atoms with van der Waals surface area (Å²) in [5, 5.41) is 8.91. The lowest BCUT2D eigenvalue weighted by atomic mass is 10.3. The lowest BCUT2D eigenvalue weighted by molar-refractivity contribution is 0.869. The minimum Gasteiger partial charge on any atom is -0.292 e. The van der Waals surface area contributed by atoms with Gasteiger partial charge in [-0.3, -0.25) is 9.89 Å². The molecule has 0 saturated heterocycles. The molecule has 4 heteroatoms. The third-order valence-corrected chi connectivity index (χ3v) is 1.38. The van der Waals surface area contributed by atoms with E-state index in [1.807, 2.05) is 0 Å². The molecule has 10 heavy (non-hydrogen) atoms. The Labute approximate surface area is 56.2 Å². The molecule has 0 spiro atoms. The van der Waals surface area contributed by atoms with Crippen molar-refractivity contribution in [2.75, 3.05) is 0 Å². The SMILES string of the molecule is O=c1ccc2c[nH][nH]nc1-2. The smallest absolute Gasteiger partial charge is 0.206 e. The molecular weight excluding hydrogens is 130 g/mol. The summed E-state index contributed by atoms with van der Waals surface area (Å²) in [4.78, 5) is 10.9. The summed E-state index contributed by atoms with van der Waals surface area (Å²) in [7, 11) is 0. The first-order valence-corrected chi connectivity index (χ1v) is 2.89. The molecule has 0 aromatic carbocycles. The number of nitrogens with one attached hydrogen (secondary N) is 2. The highest BCUT2D eigenvalue weighted by molar-refractivity contribution is 5.59. The average Bonchev–Trinajstić information content (AvgIpc) is 2.34. The van der Waals surface area contributed by atoms with E-state index in [1.54, 1.807) is 12.3 Å². The Morgan fingerprint density at radius 1 is 1.40 bits per heavy atom. The number of rotatable bonds is 0. The monoisotopic (exact) mass is 135 g/mol. The van der Waals surface area contributed by atoms with Crippen LogP contribution in [0.25, 0.3) is 11.3 Å². The maximum atomic E-state index is 10.9. The molecule has 1 aliphatic heterocycles. The fourth-order valence-electron chi connectivity index (χ4n) is 0.900. The van der Waals surface area contributed by atoms with Crippen LogP contribution < -0.4 is 5.43 Å². The molecule has 2 aliphatic rings. The van der Waals surface area contributed by atoms with Gasteiger partial charge in [-0.15, -0.1) is 0 Å². The minimum atomic E-state index is -0.0414. The largest absolute Gasteiger partial charge is 0.292 e. The molecule has 50 valence electrons. The Bertz CT molecular complexity index is 362. The van der Waals surface area contributed by atoms with Crippen molar-refractivity contribution in [3.8, 4) is 11.3 Å². The van der Waals surface area contributed by atoms with Crippen molar-refractivity contribution in [1.82, 2.24) is 15.4 Å². The van der Waals surface area contributed by atoms with Crippen molar-refractivity contribution in [2.24, 2.45) is 0 Å². The van der Waals surface area contributed by atoms with Crippen LogP contribution >= 0.6 is 0 Å². The van der Waals surface area contributed by atoms with Gasteiger partial charge in [0.25, 0.3) is 0 Å². The Hall–Kier alpha value is -1.58. The number of H-pyrrole nitrogens is 2. The van der Waals surface area contributed by atoms with E-state index >= 15 is 0 Å². The van der Waals surface area contributed by atoms with Gasteiger partial charge in [-0.05, 0) is 12.1 Å². The van der Waals surface area contributed by atoms with Gasteiger partial charge in [0.15, 0.2) is 0 Å². The number of fused-ring (bicyclic) bond motifs is 1. The van der Waals surface area contributed by atoms with Crippen molar-refractivity contribution in [1.29, 1.82) is 0 Å². The Kier molecular flexibility index (Phi) is 0.887. The lowest BCUT2D eigenvalue weighted by Gasteiger charge is -1.91. The summed E-state index contributed by atoms with van der Waals surface area (Å²) in [5.74, 6) is 0. The van der Waals surface area contributed by atoms with Crippen LogP contribution in [0.15, 0.2) is 23.1 Å². The number of hydrogen-bond donors (Lipinski definition) is 2. The van der Waals surface area contributed by atoms with Gasteiger partial charge in [-0.2, -0.15) is 5.10 Å². The van der Waals surface area contributed by atoms with E-state index in [1.165, 1.54) is 6.07 Å². The zero-order valence-electron chi connectivity index (χ0n) is 5.09. The third kappa shape index (κ3) is 0.556.